The van der Waals surface area contributed by atoms with E-state index in [1.54, 1.807) is 0 Å². The van der Waals surface area contributed by atoms with E-state index in [9.17, 15) is 0 Å². The Morgan fingerprint density at radius 3 is 1.24 bits per heavy atom. The highest BCUT2D eigenvalue weighted by atomic mass is 15.2. The molecule has 3 heterocycles. The SMILES string of the molecule is c1ccc(-c2ccc(N3c4cc(-c5ccc6c7ccccc7n(-c7ccccc7)c6c5)cc5c4B(c4ccc6ccccc6c43)c3ccc4ccccc4c3N5c3ccc(-c4ccccc4)cc3)cc2)cc1. The Morgan fingerprint density at radius 1 is 0.264 bits per heavy atom. The zero-order chi connectivity index (χ0) is 47.3. The number of hydrogen-bond donors (Lipinski definition) is 0. The molecule has 3 nitrogen and oxygen atoms in total. The Morgan fingerprint density at radius 2 is 0.694 bits per heavy atom. The van der Waals surface area contributed by atoms with E-state index in [2.05, 4.69) is 281 Å². The first-order valence-corrected chi connectivity index (χ1v) is 24.9. The van der Waals surface area contributed by atoms with E-state index in [0.29, 0.717) is 0 Å². The fourth-order valence-electron chi connectivity index (χ4n) is 12.1. The van der Waals surface area contributed by atoms with E-state index in [1.165, 1.54) is 105 Å². The summed E-state index contributed by atoms with van der Waals surface area (Å²) in [7, 11) is 0. The Hall–Kier alpha value is -9.38. The Kier molecular flexibility index (Phi) is 9.06. The van der Waals surface area contributed by atoms with E-state index in [0.717, 1.165) is 28.2 Å². The molecule has 0 aliphatic carbocycles. The first-order chi connectivity index (χ1) is 35.7. The van der Waals surface area contributed by atoms with Crippen LogP contribution in [-0.4, -0.2) is 11.3 Å². The van der Waals surface area contributed by atoms with Gasteiger partial charge in [-0.2, -0.15) is 0 Å². The van der Waals surface area contributed by atoms with Crippen LogP contribution in [0.15, 0.2) is 267 Å². The van der Waals surface area contributed by atoms with E-state index in [1.807, 2.05) is 0 Å². The molecule has 0 saturated heterocycles. The van der Waals surface area contributed by atoms with E-state index >= 15 is 0 Å². The van der Waals surface area contributed by atoms with Gasteiger partial charge in [0.25, 0.3) is 6.71 Å². The molecule has 2 aliphatic rings. The number of fused-ring (bicyclic) bond motifs is 11. The molecule has 4 heteroatoms. The number of nitrogens with zero attached hydrogens (tertiary/aromatic N) is 3. The third-order valence-electron chi connectivity index (χ3n) is 15.3. The van der Waals surface area contributed by atoms with Crippen LogP contribution in [0.4, 0.5) is 34.1 Å². The molecule has 15 rings (SSSR count). The van der Waals surface area contributed by atoms with Crippen LogP contribution in [0.1, 0.15) is 0 Å². The maximum atomic E-state index is 2.58. The molecular weight excluding hydrogens is 870 g/mol. The van der Waals surface area contributed by atoms with Gasteiger partial charge < -0.3 is 14.4 Å². The second-order valence-electron chi connectivity index (χ2n) is 19.2. The lowest BCUT2D eigenvalue weighted by molar-refractivity contribution is 1.18. The molecule has 13 aromatic rings. The second-order valence-corrected chi connectivity index (χ2v) is 19.2. The topological polar surface area (TPSA) is 11.4 Å². The highest BCUT2D eigenvalue weighted by Crippen LogP contribution is 2.50. The molecule has 2 aliphatic heterocycles. The average Bonchev–Trinajstić information content (AvgIpc) is 3.79. The Balaban J connectivity index is 1.05. The van der Waals surface area contributed by atoms with Gasteiger partial charge >= 0.3 is 0 Å². The predicted octanol–water partition coefficient (Wildman–Crippen LogP) is 16.2. The summed E-state index contributed by atoms with van der Waals surface area (Å²) in [6.45, 7) is -0.0500. The highest BCUT2D eigenvalue weighted by Gasteiger charge is 2.44. The summed E-state index contributed by atoms with van der Waals surface area (Å²) >= 11 is 0. The first kappa shape index (κ1) is 40.5. The van der Waals surface area contributed by atoms with Crippen LogP contribution in [0.5, 0.6) is 0 Å². The lowest BCUT2D eigenvalue weighted by Crippen LogP contribution is -2.61. The zero-order valence-electron chi connectivity index (χ0n) is 39.3. The summed E-state index contributed by atoms with van der Waals surface area (Å²) in [5, 5.41) is 7.38. The van der Waals surface area contributed by atoms with Crippen molar-refractivity contribution < 1.29 is 0 Å². The van der Waals surface area contributed by atoms with Gasteiger partial charge in [-0.3, -0.25) is 0 Å². The van der Waals surface area contributed by atoms with Crippen molar-refractivity contribution in [2.24, 2.45) is 0 Å². The van der Waals surface area contributed by atoms with Gasteiger partial charge in [0.2, 0.25) is 0 Å². The molecule has 0 spiro atoms. The molecule has 0 atom stereocenters. The van der Waals surface area contributed by atoms with Crippen molar-refractivity contribution in [2.75, 3.05) is 9.80 Å². The molecule has 0 amide bonds. The van der Waals surface area contributed by atoms with Crippen molar-refractivity contribution in [3.8, 4) is 39.1 Å². The minimum absolute atomic E-state index is 0.0500. The zero-order valence-corrected chi connectivity index (χ0v) is 39.3. The minimum atomic E-state index is -0.0500. The number of aromatic nitrogens is 1. The lowest BCUT2D eigenvalue weighted by Gasteiger charge is -2.45. The van der Waals surface area contributed by atoms with Gasteiger partial charge in [-0.1, -0.05) is 206 Å². The quantitative estimate of drug-likeness (QED) is 0.154. The molecule has 1 aromatic heterocycles. The van der Waals surface area contributed by atoms with Crippen molar-refractivity contribution in [1.82, 2.24) is 4.57 Å². The van der Waals surface area contributed by atoms with Crippen LogP contribution in [0.3, 0.4) is 0 Å². The van der Waals surface area contributed by atoms with Crippen LogP contribution < -0.4 is 26.2 Å². The molecule has 334 valence electrons. The largest absolute Gasteiger partial charge is 0.311 e. The van der Waals surface area contributed by atoms with E-state index in [4.69, 9.17) is 0 Å². The Labute approximate surface area is 418 Å². The number of rotatable bonds is 6. The van der Waals surface area contributed by atoms with Gasteiger partial charge in [-0.05, 0) is 121 Å². The Bertz CT molecular complexity index is 4060. The van der Waals surface area contributed by atoms with Gasteiger partial charge in [0.05, 0.1) is 11.0 Å². The summed E-state index contributed by atoms with van der Waals surface area (Å²) in [5.74, 6) is 0. The minimum Gasteiger partial charge on any atom is -0.311 e. The van der Waals surface area contributed by atoms with Gasteiger partial charge in [0.15, 0.2) is 0 Å². The van der Waals surface area contributed by atoms with E-state index < -0.39 is 0 Å². The standard InChI is InChI=1S/C68H44BN3/c1-4-16-45(17-5-1)47-28-35-54(36-29-47)71-64-43-52(51-32-39-59-58-26-14-15-27-62(58)70(63(59)42-51)53-22-8-3-9-23-53)44-65-66(64)69(60-40-33-49-20-10-12-24-56(49)67(60)71)61-41-34-50-21-11-13-25-57(50)68(61)72(65)55-37-30-48(31-38-55)46-18-6-2-7-19-46/h1-44H. The smallest absolute Gasteiger partial charge is 0.252 e. The molecule has 0 bridgehead atoms. The van der Waals surface area contributed by atoms with Crippen molar-refractivity contribution in [1.29, 1.82) is 0 Å². The summed E-state index contributed by atoms with van der Waals surface area (Å²) in [6.07, 6.45) is 0. The van der Waals surface area contributed by atoms with Crippen molar-refractivity contribution in [2.45, 2.75) is 0 Å². The van der Waals surface area contributed by atoms with Gasteiger partial charge in [0, 0.05) is 61.4 Å². The lowest BCUT2D eigenvalue weighted by atomic mass is 9.33. The maximum Gasteiger partial charge on any atom is 0.252 e. The van der Waals surface area contributed by atoms with Crippen molar-refractivity contribution in [3.63, 3.8) is 0 Å². The molecule has 0 saturated carbocycles. The van der Waals surface area contributed by atoms with Gasteiger partial charge in [0.1, 0.15) is 0 Å². The third-order valence-corrected chi connectivity index (χ3v) is 15.3. The molecule has 0 N–H and O–H groups in total. The van der Waals surface area contributed by atoms with Gasteiger partial charge in [-0.25, -0.2) is 0 Å². The van der Waals surface area contributed by atoms with Crippen LogP contribution >= 0.6 is 0 Å². The summed E-state index contributed by atoms with van der Waals surface area (Å²) < 4.78 is 2.43. The van der Waals surface area contributed by atoms with E-state index in [-0.39, 0.29) is 6.71 Å². The fraction of sp³-hybridized carbons (Fsp3) is 0. The molecular formula is C68H44BN3. The number of para-hydroxylation sites is 2. The van der Waals surface area contributed by atoms with Crippen molar-refractivity contribution in [3.05, 3.63) is 267 Å². The molecule has 72 heavy (non-hydrogen) atoms. The summed E-state index contributed by atoms with van der Waals surface area (Å²) in [6, 6.07) is 98.9. The number of hydrogen-bond acceptors (Lipinski definition) is 2. The van der Waals surface area contributed by atoms with Gasteiger partial charge in [-0.15, -0.1) is 0 Å². The summed E-state index contributed by atoms with van der Waals surface area (Å²) in [4.78, 5) is 5.15. The highest BCUT2D eigenvalue weighted by molar-refractivity contribution is 7.00. The average molecular weight is 914 g/mol. The third kappa shape index (κ3) is 6.19. The monoisotopic (exact) mass is 913 g/mol. The van der Waals surface area contributed by atoms with Crippen LogP contribution in [0.25, 0.3) is 82.4 Å². The van der Waals surface area contributed by atoms with Crippen LogP contribution in [0, 0.1) is 0 Å². The maximum absolute atomic E-state index is 2.58. The molecule has 0 unspecified atom stereocenters. The fourth-order valence-corrected chi connectivity index (χ4v) is 12.1. The normalized spacial score (nSPS) is 12.6. The molecule has 0 radical (unpaired) electrons. The number of anilines is 6. The van der Waals surface area contributed by atoms with Crippen molar-refractivity contribution >= 4 is 101 Å². The second kappa shape index (κ2) is 16.1. The molecule has 12 aromatic carbocycles. The predicted molar refractivity (Wildman–Crippen MR) is 306 cm³/mol. The van der Waals surface area contributed by atoms with Crippen LogP contribution in [-0.2, 0) is 0 Å². The number of benzene rings is 12. The molecule has 0 fully saturated rings. The first-order valence-electron chi connectivity index (χ1n) is 24.9. The van der Waals surface area contributed by atoms with Crippen LogP contribution in [0.2, 0.25) is 0 Å². The summed E-state index contributed by atoms with van der Waals surface area (Å²) in [5.41, 5.74) is 21.5.